The van der Waals surface area contributed by atoms with Crippen molar-refractivity contribution < 1.29 is 4.42 Å². The van der Waals surface area contributed by atoms with Gasteiger partial charge in [-0.15, -0.1) is 0 Å². The minimum atomic E-state index is 0.546. The minimum absolute atomic E-state index is 0.546. The second-order valence-electron chi connectivity index (χ2n) is 4.50. The fourth-order valence-corrected chi connectivity index (χ4v) is 2.05. The summed E-state index contributed by atoms with van der Waals surface area (Å²) in [6.45, 7) is 2.64. The van der Waals surface area contributed by atoms with Gasteiger partial charge in [-0.3, -0.25) is 0 Å². The lowest BCUT2D eigenvalue weighted by molar-refractivity contribution is 0.500. The number of imidazole rings is 1. The van der Waals surface area contributed by atoms with Crippen LogP contribution in [0.15, 0.2) is 22.8 Å². The van der Waals surface area contributed by atoms with Crippen LogP contribution >= 0.6 is 0 Å². The van der Waals surface area contributed by atoms with Gasteiger partial charge in [-0.25, -0.2) is 4.98 Å². The highest BCUT2D eigenvalue weighted by atomic mass is 16.3. The molecule has 0 spiro atoms. The van der Waals surface area contributed by atoms with Gasteiger partial charge in [-0.05, 0) is 31.9 Å². The van der Waals surface area contributed by atoms with Crippen molar-refractivity contribution in [1.29, 1.82) is 0 Å². The predicted molar refractivity (Wildman–Crippen MR) is 65.7 cm³/mol. The number of furan rings is 1. The van der Waals surface area contributed by atoms with Crippen molar-refractivity contribution in [3.8, 4) is 0 Å². The third-order valence-corrected chi connectivity index (χ3v) is 3.00. The lowest BCUT2D eigenvalue weighted by atomic mass is 10.3. The molecule has 3 rings (SSSR count). The monoisotopic (exact) mass is 232 g/mol. The molecule has 17 heavy (non-hydrogen) atoms. The number of aromatic nitrogens is 2. The Hall–Kier alpha value is -1.91. The third-order valence-electron chi connectivity index (χ3n) is 3.00. The summed E-state index contributed by atoms with van der Waals surface area (Å²) in [6.07, 6.45) is 4.09. The molecular formula is C12H16N4O. The van der Waals surface area contributed by atoms with Crippen molar-refractivity contribution in [2.45, 2.75) is 32.4 Å². The quantitative estimate of drug-likeness (QED) is 0.846. The van der Waals surface area contributed by atoms with Crippen LogP contribution in [0.4, 0.5) is 11.6 Å². The summed E-state index contributed by atoms with van der Waals surface area (Å²) in [6, 6.07) is 4.43. The lowest BCUT2D eigenvalue weighted by Gasteiger charge is -2.21. The Morgan fingerprint density at radius 1 is 1.59 bits per heavy atom. The fourth-order valence-electron chi connectivity index (χ4n) is 2.05. The average molecular weight is 232 g/mol. The number of nitrogens with zero attached hydrogens (tertiary/aromatic N) is 2. The zero-order valence-electron chi connectivity index (χ0n) is 9.81. The van der Waals surface area contributed by atoms with Gasteiger partial charge in [-0.2, -0.15) is 0 Å². The second-order valence-corrected chi connectivity index (χ2v) is 4.50. The highest BCUT2D eigenvalue weighted by Crippen LogP contribution is 2.34. The topological polar surface area (TPSA) is 71.1 Å². The van der Waals surface area contributed by atoms with Gasteiger partial charge in [0, 0.05) is 6.04 Å². The van der Waals surface area contributed by atoms with Gasteiger partial charge in [-0.1, -0.05) is 0 Å². The number of nitrogens with one attached hydrogen (secondary N) is 1. The zero-order chi connectivity index (χ0) is 11.8. The molecular weight excluding hydrogens is 216 g/mol. The van der Waals surface area contributed by atoms with E-state index in [-0.39, 0.29) is 0 Å². The van der Waals surface area contributed by atoms with Crippen molar-refractivity contribution in [3.05, 3.63) is 30.0 Å². The van der Waals surface area contributed by atoms with E-state index in [4.69, 9.17) is 10.2 Å². The van der Waals surface area contributed by atoms with E-state index in [2.05, 4.69) is 14.9 Å². The molecule has 0 radical (unpaired) electrons. The molecule has 0 unspecified atom stereocenters. The van der Waals surface area contributed by atoms with Crippen LogP contribution < -0.4 is 10.6 Å². The third kappa shape index (κ3) is 2.00. The van der Waals surface area contributed by atoms with Gasteiger partial charge < -0.3 is 20.0 Å². The van der Waals surface area contributed by atoms with E-state index in [1.807, 2.05) is 19.1 Å². The number of nitrogen functional groups attached to an aromatic ring is 1. The predicted octanol–water partition coefficient (Wildman–Crippen LogP) is 2.06. The summed E-state index contributed by atoms with van der Waals surface area (Å²) in [5.41, 5.74) is 5.95. The highest BCUT2D eigenvalue weighted by molar-refractivity contribution is 5.60. The summed E-state index contributed by atoms with van der Waals surface area (Å²) in [5.74, 6) is 3.28. The van der Waals surface area contributed by atoms with Gasteiger partial charge in [0.1, 0.15) is 17.4 Å². The Morgan fingerprint density at radius 3 is 2.94 bits per heavy atom. The van der Waals surface area contributed by atoms with Crippen molar-refractivity contribution in [2.24, 2.45) is 0 Å². The number of hydrogen-bond donors (Lipinski definition) is 2. The van der Waals surface area contributed by atoms with E-state index in [1.165, 1.54) is 12.8 Å². The van der Waals surface area contributed by atoms with Gasteiger partial charge in [0.25, 0.3) is 0 Å². The van der Waals surface area contributed by atoms with Crippen LogP contribution in [0.1, 0.15) is 24.4 Å². The molecule has 2 aromatic rings. The SMILES string of the molecule is Cc1nc(N(Cc2ccco2)C2CC2)c(N)[nH]1. The number of H-pyrrole nitrogens is 1. The molecule has 0 bridgehead atoms. The maximum absolute atomic E-state index is 5.95. The van der Waals surface area contributed by atoms with Crippen LogP contribution in [0.5, 0.6) is 0 Å². The van der Waals surface area contributed by atoms with Gasteiger partial charge in [0.2, 0.25) is 0 Å². The first-order chi connectivity index (χ1) is 8.24. The average Bonchev–Trinajstić information content (AvgIpc) is 2.90. The number of aryl methyl sites for hydroxylation is 1. The molecule has 1 fully saturated rings. The Morgan fingerprint density at radius 2 is 2.41 bits per heavy atom. The summed E-state index contributed by atoms with van der Waals surface area (Å²) >= 11 is 0. The van der Waals surface area contributed by atoms with Gasteiger partial charge in [0.15, 0.2) is 5.82 Å². The first-order valence-corrected chi connectivity index (χ1v) is 5.85. The zero-order valence-corrected chi connectivity index (χ0v) is 9.81. The smallest absolute Gasteiger partial charge is 0.172 e. The van der Waals surface area contributed by atoms with Crippen LogP contribution in [0.2, 0.25) is 0 Å². The Labute approximate surface area is 99.6 Å². The standard InChI is InChI=1S/C12H16N4O/c1-8-14-11(13)12(15-8)16(9-4-5-9)7-10-3-2-6-17-10/h2-3,6,9H,4-5,7,13H2,1H3,(H,14,15). The van der Waals surface area contributed by atoms with Crippen LogP contribution in [-0.2, 0) is 6.54 Å². The number of anilines is 2. The molecule has 2 heterocycles. The van der Waals surface area contributed by atoms with Crippen molar-refractivity contribution in [1.82, 2.24) is 9.97 Å². The molecule has 0 amide bonds. The van der Waals surface area contributed by atoms with Crippen molar-refractivity contribution in [2.75, 3.05) is 10.6 Å². The molecule has 0 atom stereocenters. The van der Waals surface area contributed by atoms with Crippen molar-refractivity contribution in [3.63, 3.8) is 0 Å². The Bertz CT molecular complexity index is 499. The van der Waals surface area contributed by atoms with Gasteiger partial charge in [0.05, 0.1) is 12.8 Å². The molecule has 1 saturated carbocycles. The number of hydrogen-bond acceptors (Lipinski definition) is 4. The van der Waals surface area contributed by atoms with E-state index in [0.717, 1.165) is 23.9 Å². The van der Waals surface area contributed by atoms with Gasteiger partial charge >= 0.3 is 0 Å². The van der Waals surface area contributed by atoms with Crippen LogP contribution in [0.25, 0.3) is 0 Å². The summed E-state index contributed by atoms with van der Waals surface area (Å²) in [4.78, 5) is 9.72. The molecule has 1 aliphatic carbocycles. The molecule has 5 nitrogen and oxygen atoms in total. The van der Waals surface area contributed by atoms with E-state index in [9.17, 15) is 0 Å². The van der Waals surface area contributed by atoms with E-state index in [1.54, 1.807) is 6.26 Å². The largest absolute Gasteiger partial charge is 0.467 e. The fraction of sp³-hybridized carbons (Fsp3) is 0.417. The summed E-state index contributed by atoms with van der Waals surface area (Å²) < 4.78 is 5.39. The van der Waals surface area contributed by atoms with Crippen LogP contribution in [0, 0.1) is 6.92 Å². The number of aromatic amines is 1. The van der Waals surface area contributed by atoms with Crippen molar-refractivity contribution >= 4 is 11.6 Å². The maximum Gasteiger partial charge on any atom is 0.172 e. The molecule has 0 aliphatic heterocycles. The lowest BCUT2D eigenvalue weighted by Crippen LogP contribution is -2.26. The van der Waals surface area contributed by atoms with Crippen LogP contribution in [-0.4, -0.2) is 16.0 Å². The van der Waals surface area contributed by atoms with E-state index >= 15 is 0 Å². The Kier molecular flexibility index (Phi) is 2.31. The number of nitrogens with two attached hydrogens (primary N) is 1. The van der Waals surface area contributed by atoms with Crippen LogP contribution in [0.3, 0.4) is 0 Å². The highest BCUT2D eigenvalue weighted by Gasteiger charge is 2.32. The molecule has 0 saturated heterocycles. The molecule has 2 aromatic heterocycles. The second kappa shape index (κ2) is 3.84. The molecule has 90 valence electrons. The first kappa shape index (κ1) is 10.3. The molecule has 3 N–H and O–H groups in total. The van der Waals surface area contributed by atoms with E-state index < -0.39 is 0 Å². The minimum Gasteiger partial charge on any atom is -0.467 e. The molecule has 0 aromatic carbocycles. The maximum atomic E-state index is 5.95. The van der Waals surface area contributed by atoms with E-state index in [0.29, 0.717) is 11.9 Å². The summed E-state index contributed by atoms with van der Waals surface area (Å²) in [5, 5.41) is 0. The molecule has 5 heteroatoms. The normalized spacial score (nSPS) is 15.1. The first-order valence-electron chi connectivity index (χ1n) is 5.85. The molecule has 1 aliphatic rings. The Balaban J connectivity index is 1.87. The number of rotatable bonds is 4. The summed E-state index contributed by atoms with van der Waals surface area (Å²) in [7, 11) is 0.